The normalized spacial score (nSPS) is 34.3. The van der Waals surface area contributed by atoms with Crippen LogP contribution in [0, 0.1) is 5.92 Å². The molecule has 1 fully saturated rings. The summed E-state index contributed by atoms with van der Waals surface area (Å²) in [6.45, 7) is 5.82. The van der Waals surface area contributed by atoms with Crippen LogP contribution in [0.15, 0.2) is 0 Å². The fourth-order valence-electron chi connectivity index (χ4n) is 2.53. The van der Waals surface area contributed by atoms with E-state index in [0.29, 0.717) is 6.04 Å². The minimum Gasteiger partial charge on any atom is -0.317 e. The number of rotatable bonds is 4. The zero-order valence-electron chi connectivity index (χ0n) is 10.2. The Morgan fingerprint density at radius 2 is 2.00 bits per heavy atom. The first-order valence-corrected chi connectivity index (χ1v) is 7.46. The predicted molar refractivity (Wildman–Crippen MR) is 63.7 cm³/mol. The second-order valence-electron chi connectivity index (χ2n) is 4.68. The summed E-state index contributed by atoms with van der Waals surface area (Å²) in [4.78, 5) is 0. The van der Waals surface area contributed by atoms with Gasteiger partial charge in [-0.3, -0.25) is 0 Å². The molecule has 15 heavy (non-hydrogen) atoms. The average molecular weight is 233 g/mol. The monoisotopic (exact) mass is 233 g/mol. The van der Waals surface area contributed by atoms with E-state index in [9.17, 15) is 8.42 Å². The molecule has 0 aliphatic heterocycles. The van der Waals surface area contributed by atoms with E-state index in [0.717, 1.165) is 19.3 Å². The Morgan fingerprint density at radius 1 is 1.40 bits per heavy atom. The molecule has 1 N–H and O–H groups in total. The van der Waals surface area contributed by atoms with Crippen molar-refractivity contribution in [2.45, 2.75) is 56.6 Å². The van der Waals surface area contributed by atoms with Crippen LogP contribution in [0.1, 0.15) is 40.0 Å². The Balaban J connectivity index is 2.82. The maximum Gasteiger partial charge on any atom is 0.156 e. The molecule has 0 heterocycles. The van der Waals surface area contributed by atoms with Gasteiger partial charge in [0, 0.05) is 6.04 Å². The Bertz CT molecular complexity index is 300. The van der Waals surface area contributed by atoms with Crippen molar-refractivity contribution in [3.63, 3.8) is 0 Å². The van der Waals surface area contributed by atoms with Crippen molar-refractivity contribution in [2.75, 3.05) is 7.05 Å². The molecule has 90 valence electrons. The molecule has 4 unspecified atom stereocenters. The molecule has 0 spiro atoms. The van der Waals surface area contributed by atoms with Crippen LogP contribution < -0.4 is 5.32 Å². The largest absolute Gasteiger partial charge is 0.317 e. The van der Waals surface area contributed by atoms with E-state index in [2.05, 4.69) is 12.2 Å². The van der Waals surface area contributed by atoms with Gasteiger partial charge in [0.15, 0.2) is 9.84 Å². The number of hydrogen-bond donors (Lipinski definition) is 1. The first kappa shape index (κ1) is 13.0. The van der Waals surface area contributed by atoms with Gasteiger partial charge in [0.05, 0.1) is 10.5 Å². The topological polar surface area (TPSA) is 46.2 Å². The average Bonchev–Trinajstić information content (AvgIpc) is 2.58. The van der Waals surface area contributed by atoms with Crippen molar-refractivity contribution in [1.82, 2.24) is 5.32 Å². The number of hydrogen-bond acceptors (Lipinski definition) is 3. The van der Waals surface area contributed by atoms with E-state index in [1.807, 2.05) is 20.9 Å². The molecule has 1 saturated carbocycles. The van der Waals surface area contributed by atoms with Gasteiger partial charge in [-0.15, -0.1) is 0 Å². The molecule has 1 aliphatic rings. The van der Waals surface area contributed by atoms with Crippen molar-refractivity contribution in [3.05, 3.63) is 0 Å². The van der Waals surface area contributed by atoms with Crippen LogP contribution in [0.25, 0.3) is 0 Å². The number of sulfone groups is 1. The lowest BCUT2D eigenvalue weighted by Gasteiger charge is -2.23. The molecule has 3 nitrogen and oxygen atoms in total. The van der Waals surface area contributed by atoms with Crippen LogP contribution in [0.3, 0.4) is 0 Å². The zero-order valence-corrected chi connectivity index (χ0v) is 11.0. The predicted octanol–water partition coefficient (Wildman–Crippen LogP) is 1.59. The lowest BCUT2D eigenvalue weighted by atomic mass is 10.1. The fraction of sp³-hybridized carbons (Fsp3) is 1.00. The molecular weight excluding hydrogens is 210 g/mol. The second kappa shape index (κ2) is 4.83. The lowest BCUT2D eigenvalue weighted by Crippen LogP contribution is -2.37. The van der Waals surface area contributed by atoms with Crippen LogP contribution in [0.4, 0.5) is 0 Å². The third kappa shape index (κ3) is 2.36. The molecule has 4 atom stereocenters. The SMILES string of the molecule is CCC(C)S(=O)(=O)C1CCC(NC)C1C. The van der Waals surface area contributed by atoms with Gasteiger partial charge in [-0.2, -0.15) is 0 Å². The van der Waals surface area contributed by atoms with E-state index in [1.165, 1.54) is 0 Å². The van der Waals surface area contributed by atoms with Gasteiger partial charge in [-0.1, -0.05) is 13.8 Å². The van der Waals surface area contributed by atoms with Crippen LogP contribution >= 0.6 is 0 Å². The summed E-state index contributed by atoms with van der Waals surface area (Å²) in [6, 6.07) is 0.369. The van der Waals surface area contributed by atoms with Gasteiger partial charge < -0.3 is 5.32 Å². The number of nitrogens with one attached hydrogen (secondary N) is 1. The first-order valence-electron chi connectivity index (χ1n) is 5.85. The van der Waals surface area contributed by atoms with Crippen molar-refractivity contribution >= 4 is 9.84 Å². The van der Waals surface area contributed by atoms with Crippen LogP contribution in [-0.2, 0) is 9.84 Å². The van der Waals surface area contributed by atoms with E-state index >= 15 is 0 Å². The molecule has 0 aromatic rings. The van der Waals surface area contributed by atoms with Crippen molar-refractivity contribution < 1.29 is 8.42 Å². The standard InChI is InChI=1S/C11H23NO2S/c1-5-8(2)15(13,14)11-7-6-10(12-4)9(11)3/h8-12H,5-7H2,1-4H3. The second-order valence-corrected chi connectivity index (χ2v) is 7.27. The van der Waals surface area contributed by atoms with Gasteiger partial charge in [0.25, 0.3) is 0 Å². The van der Waals surface area contributed by atoms with Crippen molar-refractivity contribution in [1.29, 1.82) is 0 Å². The molecule has 1 rings (SSSR count). The third-order valence-corrected chi connectivity index (χ3v) is 6.88. The molecule has 0 aromatic heterocycles. The minimum atomic E-state index is -2.92. The van der Waals surface area contributed by atoms with Gasteiger partial charge in [0.1, 0.15) is 0 Å². The summed E-state index contributed by atoms with van der Waals surface area (Å²) >= 11 is 0. The highest BCUT2D eigenvalue weighted by atomic mass is 32.2. The highest BCUT2D eigenvalue weighted by Gasteiger charge is 2.41. The third-order valence-electron chi connectivity index (χ3n) is 3.91. The molecular formula is C11H23NO2S. The molecule has 0 amide bonds. The Kier molecular flexibility index (Phi) is 4.18. The molecule has 0 saturated heterocycles. The van der Waals surface area contributed by atoms with Crippen LogP contribution in [-0.4, -0.2) is 32.0 Å². The Morgan fingerprint density at radius 3 is 2.40 bits per heavy atom. The first-order chi connectivity index (χ1) is 6.95. The Labute approximate surface area is 93.6 Å². The van der Waals surface area contributed by atoms with E-state index in [1.54, 1.807) is 0 Å². The van der Waals surface area contributed by atoms with Crippen molar-refractivity contribution in [2.24, 2.45) is 5.92 Å². The highest BCUT2D eigenvalue weighted by molar-refractivity contribution is 7.92. The molecule has 4 heteroatoms. The van der Waals surface area contributed by atoms with Gasteiger partial charge in [0.2, 0.25) is 0 Å². The van der Waals surface area contributed by atoms with Crippen LogP contribution in [0.2, 0.25) is 0 Å². The fourth-order valence-corrected chi connectivity index (χ4v) is 4.84. The molecule has 0 radical (unpaired) electrons. The highest BCUT2D eigenvalue weighted by Crippen LogP contribution is 2.33. The molecule has 0 aromatic carbocycles. The maximum atomic E-state index is 12.2. The summed E-state index contributed by atoms with van der Waals surface area (Å²) in [6.07, 6.45) is 2.52. The smallest absolute Gasteiger partial charge is 0.156 e. The summed E-state index contributed by atoms with van der Waals surface area (Å²) in [5.41, 5.74) is 0. The zero-order chi connectivity index (χ0) is 11.6. The summed E-state index contributed by atoms with van der Waals surface area (Å²) < 4.78 is 24.4. The minimum absolute atomic E-state index is 0.134. The van der Waals surface area contributed by atoms with Gasteiger partial charge in [-0.25, -0.2) is 8.42 Å². The van der Waals surface area contributed by atoms with Crippen molar-refractivity contribution in [3.8, 4) is 0 Å². The molecule has 0 bridgehead atoms. The Hall–Kier alpha value is -0.0900. The van der Waals surface area contributed by atoms with Gasteiger partial charge in [-0.05, 0) is 39.2 Å². The summed E-state index contributed by atoms with van der Waals surface area (Å²) in [5, 5.41) is 2.88. The van der Waals surface area contributed by atoms with E-state index in [4.69, 9.17) is 0 Å². The summed E-state index contributed by atoms with van der Waals surface area (Å²) in [5.74, 6) is 0.244. The van der Waals surface area contributed by atoms with E-state index in [-0.39, 0.29) is 16.4 Å². The summed E-state index contributed by atoms with van der Waals surface area (Å²) in [7, 11) is -1.00. The van der Waals surface area contributed by atoms with Gasteiger partial charge >= 0.3 is 0 Å². The lowest BCUT2D eigenvalue weighted by molar-refractivity contribution is 0.451. The maximum absolute atomic E-state index is 12.2. The quantitative estimate of drug-likeness (QED) is 0.802. The van der Waals surface area contributed by atoms with E-state index < -0.39 is 9.84 Å². The van der Waals surface area contributed by atoms with Crippen LogP contribution in [0.5, 0.6) is 0 Å². The molecule has 1 aliphatic carbocycles.